The van der Waals surface area contributed by atoms with E-state index in [1.165, 1.54) is 0 Å². The van der Waals surface area contributed by atoms with Crippen LogP contribution in [0.15, 0.2) is 0 Å². The molecule has 4 nitrogen and oxygen atoms in total. The van der Waals surface area contributed by atoms with Crippen molar-refractivity contribution < 1.29 is 9.47 Å². The van der Waals surface area contributed by atoms with E-state index < -0.39 is 0 Å². The van der Waals surface area contributed by atoms with Gasteiger partial charge in [0, 0.05) is 32.8 Å². The van der Waals surface area contributed by atoms with Crippen LogP contribution in [0.5, 0.6) is 0 Å². The normalized spacial score (nSPS) is 23.2. The number of likely N-dealkylation sites (N-methyl/N-ethyl adjacent to an activating group) is 1. The first-order chi connectivity index (χ1) is 7.57. The van der Waals surface area contributed by atoms with E-state index in [-0.39, 0.29) is 5.60 Å². The minimum atomic E-state index is -0.0118. The van der Waals surface area contributed by atoms with Crippen LogP contribution in [0.4, 0.5) is 0 Å². The summed E-state index contributed by atoms with van der Waals surface area (Å²) in [7, 11) is 1.76. The van der Waals surface area contributed by atoms with Gasteiger partial charge in [0.1, 0.15) is 0 Å². The number of nitrogens with zero attached hydrogens (tertiary/aromatic N) is 1. The first-order valence-electron chi connectivity index (χ1n) is 6.16. The van der Waals surface area contributed by atoms with E-state index in [2.05, 4.69) is 31.0 Å². The monoisotopic (exact) mass is 230 g/mol. The van der Waals surface area contributed by atoms with Gasteiger partial charge >= 0.3 is 0 Å². The Kier molecular flexibility index (Phi) is 5.69. The topological polar surface area (TPSA) is 33.7 Å². The number of hydrogen-bond acceptors (Lipinski definition) is 4. The number of hydrogen-bond donors (Lipinski definition) is 1. The fourth-order valence-electron chi connectivity index (χ4n) is 2.25. The van der Waals surface area contributed by atoms with Gasteiger partial charge in [-0.1, -0.05) is 6.92 Å². The van der Waals surface area contributed by atoms with E-state index in [9.17, 15) is 0 Å². The SMILES string of the molecule is CCNC(COC)CN1CCOC(C)(C)C1. The molecule has 4 heteroatoms. The fraction of sp³-hybridized carbons (Fsp3) is 1.00. The van der Waals surface area contributed by atoms with Crippen LogP contribution in [0, 0.1) is 0 Å². The Balaban J connectivity index is 2.38. The van der Waals surface area contributed by atoms with Crippen LogP contribution in [0.1, 0.15) is 20.8 Å². The van der Waals surface area contributed by atoms with Crippen LogP contribution in [-0.4, -0.2) is 63.0 Å². The minimum absolute atomic E-state index is 0.0118. The molecule has 1 aliphatic heterocycles. The molecule has 1 rings (SSSR count). The summed E-state index contributed by atoms with van der Waals surface area (Å²) in [6.45, 7) is 12.1. The number of nitrogens with one attached hydrogen (secondary N) is 1. The summed E-state index contributed by atoms with van der Waals surface area (Å²) < 4.78 is 10.9. The van der Waals surface area contributed by atoms with Gasteiger partial charge in [-0.3, -0.25) is 4.90 Å². The average Bonchev–Trinajstić information content (AvgIpc) is 2.16. The molecule has 1 heterocycles. The molecule has 0 amide bonds. The van der Waals surface area contributed by atoms with E-state index in [1.54, 1.807) is 7.11 Å². The van der Waals surface area contributed by atoms with Gasteiger partial charge in [-0.15, -0.1) is 0 Å². The van der Waals surface area contributed by atoms with Crippen molar-refractivity contribution in [2.75, 3.05) is 46.5 Å². The molecule has 1 unspecified atom stereocenters. The summed E-state index contributed by atoms with van der Waals surface area (Å²) in [5.74, 6) is 0. The molecule has 1 atom stereocenters. The molecule has 0 aromatic rings. The highest BCUT2D eigenvalue weighted by Crippen LogP contribution is 2.16. The quantitative estimate of drug-likeness (QED) is 0.729. The zero-order valence-electron chi connectivity index (χ0n) is 11.1. The van der Waals surface area contributed by atoms with E-state index in [1.807, 2.05) is 0 Å². The molecule has 0 bridgehead atoms. The Morgan fingerprint density at radius 2 is 2.25 bits per heavy atom. The highest BCUT2D eigenvalue weighted by Gasteiger charge is 2.28. The van der Waals surface area contributed by atoms with Gasteiger partial charge in [0.2, 0.25) is 0 Å². The van der Waals surface area contributed by atoms with Crippen molar-refractivity contribution in [2.24, 2.45) is 0 Å². The third-order valence-corrected chi connectivity index (χ3v) is 2.84. The van der Waals surface area contributed by atoms with Crippen molar-refractivity contribution in [1.82, 2.24) is 10.2 Å². The van der Waals surface area contributed by atoms with Crippen LogP contribution in [0.2, 0.25) is 0 Å². The van der Waals surface area contributed by atoms with E-state index >= 15 is 0 Å². The second-order valence-corrected chi connectivity index (χ2v) is 5.05. The van der Waals surface area contributed by atoms with Crippen molar-refractivity contribution in [2.45, 2.75) is 32.4 Å². The Bertz CT molecular complexity index is 191. The van der Waals surface area contributed by atoms with Crippen molar-refractivity contribution >= 4 is 0 Å². The third-order valence-electron chi connectivity index (χ3n) is 2.84. The first-order valence-corrected chi connectivity index (χ1v) is 6.16. The van der Waals surface area contributed by atoms with Gasteiger partial charge in [-0.05, 0) is 20.4 Å². The van der Waals surface area contributed by atoms with Gasteiger partial charge in [0.15, 0.2) is 0 Å². The maximum absolute atomic E-state index is 5.70. The Labute approximate surface area is 99.3 Å². The summed E-state index contributed by atoms with van der Waals surface area (Å²) >= 11 is 0. The van der Waals surface area contributed by atoms with Gasteiger partial charge in [-0.2, -0.15) is 0 Å². The highest BCUT2D eigenvalue weighted by atomic mass is 16.5. The number of morpholine rings is 1. The fourth-order valence-corrected chi connectivity index (χ4v) is 2.25. The van der Waals surface area contributed by atoms with Crippen molar-refractivity contribution in [3.63, 3.8) is 0 Å². The predicted molar refractivity (Wildman–Crippen MR) is 65.8 cm³/mol. The Morgan fingerprint density at radius 3 is 2.81 bits per heavy atom. The third kappa shape index (κ3) is 4.78. The van der Waals surface area contributed by atoms with Crippen molar-refractivity contribution in [3.8, 4) is 0 Å². The minimum Gasteiger partial charge on any atom is -0.383 e. The smallest absolute Gasteiger partial charge is 0.0753 e. The molecule has 1 aliphatic rings. The molecule has 0 spiro atoms. The van der Waals surface area contributed by atoms with Crippen molar-refractivity contribution in [3.05, 3.63) is 0 Å². The molecule has 1 fully saturated rings. The summed E-state index contributed by atoms with van der Waals surface area (Å²) in [4.78, 5) is 2.45. The molecule has 0 saturated carbocycles. The molecular weight excluding hydrogens is 204 g/mol. The van der Waals surface area contributed by atoms with Crippen LogP contribution in [0.25, 0.3) is 0 Å². The van der Waals surface area contributed by atoms with Crippen LogP contribution in [0.3, 0.4) is 0 Å². The predicted octanol–water partition coefficient (Wildman–Crippen LogP) is 0.722. The highest BCUT2D eigenvalue weighted by molar-refractivity contribution is 4.82. The number of methoxy groups -OCH3 is 1. The first kappa shape index (κ1) is 13.9. The number of rotatable bonds is 6. The lowest BCUT2D eigenvalue weighted by Gasteiger charge is -2.39. The van der Waals surface area contributed by atoms with E-state index in [4.69, 9.17) is 9.47 Å². The standard InChI is InChI=1S/C12H26N2O2/c1-5-13-11(9-15-4)8-14-6-7-16-12(2,3)10-14/h11,13H,5-10H2,1-4H3. The summed E-state index contributed by atoms with van der Waals surface area (Å²) in [5.41, 5.74) is -0.0118. The van der Waals surface area contributed by atoms with E-state index in [0.29, 0.717) is 6.04 Å². The van der Waals surface area contributed by atoms with Gasteiger partial charge < -0.3 is 14.8 Å². The largest absolute Gasteiger partial charge is 0.383 e. The lowest BCUT2D eigenvalue weighted by molar-refractivity contribution is -0.0887. The molecule has 1 N–H and O–H groups in total. The summed E-state index contributed by atoms with van der Waals surface area (Å²) in [6, 6.07) is 0.420. The molecule has 0 aliphatic carbocycles. The molecule has 96 valence electrons. The molecule has 0 radical (unpaired) electrons. The average molecular weight is 230 g/mol. The molecule has 0 aromatic carbocycles. The van der Waals surface area contributed by atoms with Gasteiger partial charge in [0.05, 0.1) is 18.8 Å². The lowest BCUT2D eigenvalue weighted by Crippen LogP contribution is -2.53. The second-order valence-electron chi connectivity index (χ2n) is 5.05. The maximum atomic E-state index is 5.70. The van der Waals surface area contributed by atoms with Gasteiger partial charge in [0.25, 0.3) is 0 Å². The second kappa shape index (κ2) is 6.55. The Morgan fingerprint density at radius 1 is 1.50 bits per heavy atom. The van der Waals surface area contributed by atoms with Crippen LogP contribution < -0.4 is 5.32 Å². The van der Waals surface area contributed by atoms with Crippen molar-refractivity contribution in [1.29, 1.82) is 0 Å². The van der Waals surface area contributed by atoms with Gasteiger partial charge in [-0.25, -0.2) is 0 Å². The molecular formula is C12H26N2O2. The number of ether oxygens (including phenoxy) is 2. The lowest BCUT2D eigenvalue weighted by atomic mass is 10.1. The van der Waals surface area contributed by atoms with Crippen LogP contribution in [-0.2, 0) is 9.47 Å². The maximum Gasteiger partial charge on any atom is 0.0753 e. The van der Waals surface area contributed by atoms with E-state index in [0.717, 1.165) is 39.4 Å². The van der Waals surface area contributed by atoms with Crippen LogP contribution >= 0.6 is 0 Å². The zero-order chi connectivity index (χ0) is 12.0. The summed E-state index contributed by atoms with van der Waals surface area (Å²) in [5, 5.41) is 3.45. The molecule has 16 heavy (non-hydrogen) atoms. The Hall–Kier alpha value is -0.160. The summed E-state index contributed by atoms with van der Waals surface area (Å²) in [6.07, 6.45) is 0. The molecule has 0 aromatic heterocycles. The molecule has 1 saturated heterocycles. The zero-order valence-corrected chi connectivity index (χ0v) is 11.1.